The van der Waals surface area contributed by atoms with Crippen molar-refractivity contribution >= 4 is 0 Å². The van der Waals surface area contributed by atoms with E-state index in [1.165, 1.54) is 0 Å². The van der Waals surface area contributed by atoms with Gasteiger partial charge < -0.3 is 29.9 Å². The van der Waals surface area contributed by atoms with Gasteiger partial charge in [-0.1, -0.05) is 0 Å². The van der Waals surface area contributed by atoms with Gasteiger partial charge in [-0.25, -0.2) is 0 Å². The van der Waals surface area contributed by atoms with Gasteiger partial charge in [0, 0.05) is 12.6 Å². The Kier molecular flexibility index (Phi) is 8.32. The zero-order valence-electron chi connectivity index (χ0n) is 14.3. The van der Waals surface area contributed by atoms with Crippen molar-refractivity contribution in [3.05, 3.63) is 0 Å². The van der Waals surface area contributed by atoms with E-state index >= 15 is 0 Å². The first-order valence-corrected chi connectivity index (χ1v) is 8.89. The Morgan fingerprint density at radius 3 is 2.67 bits per heavy atom. The fourth-order valence-corrected chi connectivity index (χ4v) is 3.28. The zero-order valence-corrected chi connectivity index (χ0v) is 14.3. The lowest BCUT2D eigenvalue weighted by Gasteiger charge is -2.26. The van der Waals surface area contributed by atoms with Crippen LogP contribution in [0.15, 0.2) is 0 Å². The maximum absolute atomic E-state index is 10.3. The minimum Gasteiger partial charge on any atom is -0.394 e. The Labute approximate surface area is 143 Å². The average molecular weight is 348 g/mol. The molecule has 8 heteroatoms. The summed E-state index contributed by atoms with van der Waals surface area (Å²) in [4.78, 5) is 0. The highest BCUT2D eigenvalue weighted by Crippen LogP contribution is 2.29. The van der Waals surface area contributed by atoms with Gasteiger partial charge in [0.2, 0.25) is 0 Å². The molecule has 2 fully saturated rings. The highest BCUT2D eigenvalue weighted by Gasteiger charge is 2.40. The number of aliphatic hydroxyl groups is 4. The lowest BCUT2D eigenvalue weighted by atomic mass is 9.93. The third-order valence-electron chi connectivity index (χ3n) is 4.77. The molecule has 1 saturated carbocycles. The number of aliphatic hydroxyl groups excluding tert-OH is 4. The summed E-state index contributed by atoms with van der Waals surface area (Å²) in [7, 11) is 0. The van der Waals surface area contributed by atoms with E-state index in [-0.39, 0.29) is 30.9 Å². The van der Waals surface area contributed by atoms with Crippen LogP contribution in [0.5, 0.6) is 0 Å². The second-order valence-corrected chi connectivity index (χ2v) is 6.81. The molecular weight excluding hydrogens is 316 g/mol. The van der Waals surface area contributed by atoms with Crippen LogP contribution in [0, 0.1) is 5.92 Å². The van der Waals surface area contributed by atoms with E-state index in [4.69, 9.17) is 14.6 Å². The summed E-state index contributed by atoms with van der Waals surface area (Å²) in [6.07, 6.45) is 0.390. The van der Waals surface area contributed by atoms with Crippen LogP contribution in [0.4, 0.5) is 0 Å². The molecule has 24 heavy (non-hydrogen) atoms. The Bertz CT molecular complexity index is 361. The van der Waals surface area contributed by atoms with Crippen molar-refractivity contribution in [1.29, 1.82) is 0 Å². The molecule has 0 bridgehead atoms. The number of epoxide rings is 1. The summed E-state index contributed by atoms with van der Waals surface area (Å²) < 4.78 is 10.5. The Balaban J connectivity index is 1.74. The molecule has 1 saturated heterocycles. The second-order valence-electron chi connectivity index (χ2n) is 6.81. The molecule has 8 nitrogen and oxygen atoms in total. The van der Waals surface area contributed by atoms with Crippen molar-refractivity contribution in [1.82, 2.24) is 10.6 Å². The molecule has 7 atom stereocenters. The smallest absolute Gasteiger partial charge is 0.135 e. The average Bonchev–Trinajstić information content (AvgIpc) is 3.26. The minimum absolute atomic E-state index is 0.00695. The quantitative estimate of drug-likeness (QED) is 0.122. The zero-order chi connectivity index (χ0) is 17.5. The van der Waals surface area contributed by atoms with Gasteiger partial charge in [-0.15, -0.1) is 0 Å². The summed E-state index contributed by atoms with van der Waals surface area (Å²) >= 11 is 0. The molecule has 6 unspecified atom stereocenters. The lowest BCUT2D eigenvalue weighted by molar-refractivity contribution is -0.00468. The normalized spacial score (nSPS) is 37.9. The van der Waals surface area contributed by atoms with E-state index in [2.05, 4.69) is 10.6 Å². The van der Waals surface area contributed by atoms with Crippen LogP contribution >= 0.6 is 0 Å². The van der Waals surface area contributed by atoms with Gasteiger partial charge in [-0.05, 0) is 38.5 Å². The van der Waals surface area contributed by atoms with Gasteiger partial charge in [-0.3, -0.25) is 10.6 Å². The van der Waals surface area contributed by atoms with Crippen LogP contribution in [0.2, 0.25) is 0 Å². The number of rotatable bonds is 10. The summed E-state index contributed by atoms with van der Waals surface area (Å²) in [6.45, 7) is 3.19. The SMILES string of the molecule is CC1OC1NC1C[C@@H](CC(O)NCCOCCO)CCC(O)C1O. The Hall–Kier alpha value is -0.320. The van der Waals surface area contributed by atoms with Crippen molar-refractivity contribution in [2.75, 3.05) is 26.4 Å². The van der Waals surface area contributed by atoms with E-state index in [9.17, 15) is 15.3 Å². The molecular formula is C16H32N2O6. The molecule has 2 rings (SSSR count). The summed E-state index contributed by atoms with van der Waals surface area (Å²) in [5.41, 5.74) is 0. The first kappa shape index (κ1) is 20.0. The summed E-state index contributed by atoms with van der Waals surface area (Å²) in [5, 5.41) is 45.3. The number of hydrogen-bond donors (Lipinski definition) is 6. The van der Waals surface area contributed by atoms with Crippen LogP contribution in [0.25, 0.3) is 0 Å². The van der Waals surface area contributed by atoms with Crippen molar-refractivity contribution in [3.8, 4) is 0 Å². The molecule has 0 aromatic carbocycles. The molecule has 0 aromatic heterocycles. The predicted octanol–water partition coefficient (Wildman–Crippen LogP) is -1.48. The number of hydrogen-bond acceptors (Lipinski definition) is 8. The highest BCUT2D eigenvalue weighted by molar-refractivity contribution is 4.92. The monoisotopic (exact) mass is 348 g/mol. The molecule has 0 amide bonds. The number of ether oxygens (including phenoxy) is 2. The Morgan fingerprint density at radius 2 is 2.00 bits per heavy atom. The largest absolute Gasteiger partial charge is 0.394 e. The first-order chi connectivity index (χ1) is 11.5. The van der Waals surface area contributed by atoms with Gasteiger partial charge in [0.15, 0.2) is 0 Å². The minimum atomic E-state index is -0.816. The standard InChI is InChI=1S/C16H32N2O6/c1-10-16(24-10)18-12-8-11(2-3-13(20)15(12)22)9-14(21)17-4-6-23-7-5-19/h10-22H,2-9H2,1H3/t10?,11-,12?,13?,14?,15?,16?/m0/s1. The topological polar surface area (TPSA) is 127 Å². The van der Waals surface area contributed by atoms with Gasteiger partial charge in [-0.2, -0.15) is 0 Å². The molecule has 6 N–H and O–H groups in total. The van der Waals surface area contributed by atoms with Gasteiger partial charge in [0.05, 0.1) is 38.1 Å². The molecule has 1 heterocycles. The molecule has 142 valence electrons. The molecule has 2 aliphatic rings. The summed E-state index contributed by atoms with van der Waals surface area (Å²) in [5.74, 6) is 0.198. The lowest BCUT2D eigenvalue weighted by Crippen LogP contribution is -2.47. The van der Waals surface area contributed by atoms with Crippen molar-refractivity contribution < 1.29 is 29.9 Å². The molecule has 0 aromatic rings. The van der Waals surface area contributed by atoms with Crippen LogP contribution < -0.4 is 10.6 Å². The van der Waals surface area contributed by atoms with E-state index in [1.54, 1.807) is 0 Å². The van der Waals surface area contributed by atoms with Crippen LogP contribution in [-0.4, -0.2) is 83.6 Å². The van der Waals surface area contributed by atoms with Crippen LogP contribution in [0.1, 0.15) is 32.6 Å². The van der Waals surface area contributed by atoms with Gasteiger partial charge >= 0.3 is 0 Å². The van der Waals surface area contributed by atoms with Crippen LogP contribution in [-0.2, 0) is 9.47 Å². The molecule has 1 aliphatic carbocycles. The molecule has 0 spiro atoms. The third kappa shape index (κ3) is 6.53. The maximum Gasteiger partial charge on any atom is 0.135 e. The summed E-state index contributed by atoms with van der Waals surface area (Å²) in [6, 6.07) is -0.234. The van der Waals surface area contributed by atoms with Crippen molar-refractivity contribution in [3.63, 3.8) is 0 Å². The Morgan fingerprint density at radius 1 is 1.25 bits per heavy atom. The van der Waals surface area contributed by atoms with E-state index < -0.39 is 18.4 Å². The van der Waals surface area contributed by atoms with Crippen LogP contribution in [0.3, 0.4) is 0 Å². The number of nitrogens with one attached hydrogen (secondary N) is 2. The highest BCUT2D eigenvalue weighted by atomic mass is 16.6. The molecule has 0 radical (unpaired) electrons. The van der Waals surface area contributed by atoms with Crippen molar-refractivity contribution in [2.24, 2.45) is 5.92 Å². The second kappa shape index (κ2) is 9.98. The van der Waals surface area contributed by atoms with Gasteiger partial charge in [0.1, 0.15) is 12.5 Å². The predicted molar refractivity (Wildman–Crippen MR) is 87.1 cm³/mol. The van der Waals surface area contributed by atoms with E-state index in [0.29, 0.717) is 39.0 Å². The third-order valence-corrected chi connectivity index (χ3v) is 4.77. The maximum atomic E-state index is 10.3. The van der Waals surface area contributed by atoms with E-state index in [1.807, 2.05) is 6.92 Å². The fraction of sp³-hybridized carbons (Fsp3) is 1.00. The molecule has 1 aliphatic heterocycles. The van der Waals surface area contributed by atoms with Crippen molar-refractivity contribution in [2.45, 2.75) is 69.4 Å². The fourth-order valence-electron chi connectivity index (χ4n) is 3.28. The first-order valence-electron chi connectivity index (χ1n) is 8.89. The van der Waals surface area contributed by atoms with Gasteiger partial charge in [0.25, 0.3) is 0 Å². The van der Waals surface area contributed by atoms with E-state index in [0.717, 1.165) is 6.42 Å².